The quantitative estimate of drug-likeness (QED) is 0.816. The van der Waals surface area contributed by atoms with Gasteiger partial charge in [0.15, 0.2) is 5.16 Å². The molecule has 8 heteroatoms. The van der Waals surface area contributed by atoms with Crippen molar-refractivity contribution in [3.05, 3.63) is 50.9 Å². The number of H-pyrrole nitrogens is 1. The molecule has 0 radical (unpaired) electrons. The lowest BCUT2D eigenvalue weighted by molar-refractivity contribution is -0.136. The number of thioether (sulfide) groups is 1. The first-order valence-electron chi connectivity index (χ1n) is 6.05. The molecule has 0 aliphatic heterocycles. The van der Waals surface area contributed by atoms with Crippen LogP contribution in [0.5, 0.6) is 0 Å². The van der Waals surface area contributed by atoms with E-state index in [1.165, 1.54) is 6.92 Å². The first-order valence-corrected chi connectivity index (χ1v) is 7.31. The second kappa shape index (κ2) is 6.73. The number of carboxylic acid groups (broad SMARTS) is 1. The standard InChI is InChI=1S/C13H12ClN3O3S/c1-7(12(19)20)21-13-15-11(18)10(16-17-13)6-8-2-4-9(14)5-3-8/h2-5,7H,6H2,1H3,(H,19,20)(H,15,17,18). The third-order valence-electron chi connectivity index (χ3n) is 2.67. The number of carbonyl (C=O) groups is 1. The van der Waals surface area contributed by atoms with Crippen LogP contribution in [0.1, 0.15) is 18.2 Å². The molecule has 1 aromatic heterocycles. The van der Waals surface area contributed by atoms with Gasteiger partial charge in [-0.1, -0.05) is 35.5 Å². The number of rotatable bonds is 5. The molecule has 1 unspecified atom stereocenters. The number of hydrogen-bond donors (Lipinski definition) is 2. The molecule has 0 saturated heterocycles. The van der Waals surface area contributed by atoms with Gasteiger partial charge >= 0.3 is 5.97 Å². The van der Waals surface area contributed by atoms with Crippen LogP contribution in [0.15, 0.2) is 34.2 Å². The fourth-order valence-electron chi connectivity index (χ4n) is 1.53. The first kappa shape index (κ1) is 15.5. The zero-order chi connectivity index (χ0) is 15.4. The van der Waals surface area contributed by atoms with Crippen LogP contribution in [0.3, 0.4) is 0 Å². The zero-order valence-electron chi connectivity index (χ0n) is 11.0. The maximum atomic E-state index is 11.9. The Morgan fingerprint density at radius 1 is 1.38 bits per heavy atom. The molecule has 0 spiro atoms. The van der Waals surface area contributed by atoms with E-state index < -0.39 is 11.2 Å². The van der Waals surface area contributed by atoms with Gasteiger partial charge in [0.2, 0.25) is 0 Å². The fraction of sp³-hybridized carbons (Fsp3) is 0.231. The Bertz CT molecular complexity index is 703. The van der Waals surface area contributed by atoms with E-state index in [4.69, 9.17) is 16.7 Å². The molecule has 110 valence electrons. The second-order valence-corrected chi connectivity index (χ2v) is 6.07. The molecular weight excluding hydrogens is 314 g/mol. The molecule has 0 saturated carbocycles. The van der Waals surface area contributed by atoms with Gasteiger partial charge in [0.25, 0.3) is 5.56 Å². The van der Waals surface area contributed by atoms with Gasteiger partial charge in [-0.3, -0.25) is 14.6 Å². The van der Waals surface area contributed by atoms with Crippen molar-refractivity contribution in [2.45, 2.75) is 23.8 Å². The summed E-state index contributed by atoms with van der Waals surface area (Å²) < 4.78 is 0. The molecule has 2 N–H and O–H groups in total. The third kappa shape index (κ3) is 4.30. The van der Waals surface area contributed by atoms with Crippen molar-refractivity contribution in [2.24, 2.45) is 0 Å². The van der Waals surface area contributed by atoms with E-state index in [0.717, 1.165) is 17.3 Å². The van der Waals surface area contributed by atoms with Gasteiger partial charge in [0.1, 0.15) is 10.9 Å². The molecule has 0 aliphatic rings. The molecule has 0 bridgehead atoms. The number of carboxylic acids is 1. The predicted octanol–water partition coefficient (Wildman–Crippen LogP) is 1.97. The maximum Gasteiger partial charge on any atom is 0.316 e. The van der Waals surface area contributed by atoms with Gasteiger partial charge in [0, 0.05) is 11.4 Å². The fourth-order valence-corrected chi connectivity index (χ4v) is 2.33. The van der Waals surface area contributed by atoms with Crippen LogP contribution in [0.2, 0.25) is 5.02 Å². The number of nitrogens with one attached hydrogen (secondary N) is 1. The van der Waals surface area contributed by atoms with E-state index in [9.17, 15) is 9.59 Å². The molecule has 0 amide bonds. The van der Waals surface area contributed by atoms with Gasteiger partial charge in [-0.2, -0.15) is 0 Å². The molecule has 6 nitrogen and oxygen atoms in total. The Morgan fingerprint density at radius 2 is 2.05 bits per heavy atom. The highest BCUT2D eigenvalue weighted by Crippen LogP contribution is 2.17. The van der Waals surface area contributed by atoms with Crippen LogP contribution in [-0.4, -0.2) is 31.5 Å². The van der Waals surface area contributed by atoms with E-state index >= 15 is 0 Å². The van der Waals surface area contributed by atoms with Gasteiger partial charge < -0.3 is 5.11 Å². The van der Waals surface area contributed by atoms with Gasteiger partial charge in [0.05, 0.1) is 0 Å². The molecule has 1 atom stereocenters. The normalized spacial score (nSPS) is 12.1. The zero-order valence-corrected chi connectivity index (χ0v) is 12.6. The van der Waals surface area contributed by atoms with Crippen molar-refractivity contribution < 1.29 is 9.90 Å². The van der Waals surface area contributed by atoms with Gasteiger partial charge in [-0.15, -0.1) is 10.2 Å². The molecule has 1 aromatic carbocycles. The highest BCUT2D eigenvalue weighted by Gasteiger charge is 2.15. The van der Waals surface area contributed by atoms with E-state index in [0.29, 0.717) is 11.4 Å². The summed E-state index contributed by atoms with van der Waals surface area (Å²) in [5.74, 6) is -0.979. The second-order valence-electron chi connectivity index (χ2n) is 4.31. The SMILES string of the molecule is CC(Sc1nnc(Cc2ccc(Cl)cc2)c(=O)[nH]1)C(=O)O. The predicted molar refractivity (Wildman–Crippen MR) is 79.9 cm³/mol. The lowest BCUT2D eigenvalue weighted by atomic mass is 10.1. The summed E-state index contributed by atoms with van der Waals surface area (Å²) in [6.07, 6.45) is 0.332. The van der Waals surface area contributed by atoms with Crippen molar-refractivity contribution in [1.82, 2.24) is 15.2 Å². The Kier molecular flexibility index (Phi) is 4.98. The highest BCUT2D eigenvalue weighted by atomic mass is 35.5. The van der Waals surface area contributed by atoms with Gasteiger partial charge in [-0.05, 0) is 24.6 Å². The lowest BCUT2D eigenvalue weighted by Crippen LogP contribution is -2.19. The Hall–Kier alpha value is -1.86. The average molecular weight is 326 g/mol. The topological polar surface area (TPSA) is 95.9 Å². The van der Waals surface area contributed by atoms with Crippen molar-refractivity contribution in [3.8, 4) is 0 Å². The molecule has 0 fully saturated rings. The summed E-state index contributed by atoms with van der Waals surface area (Å²) in [5, 5.41) is 16.6. The summed E-state index contributed by atoms with van der Waals surface area (Å²) in [5.41, 5.74) is 0.781. The summed E-state index contributed by atoms with van der Waals surface area (Å²) in [7, 11) is 0. The van der Waals surface area contributed by atoms with E-state index in [1.54, 1.807) is 24.3 Å². The highest BCUT2D eigenvalue weighted by molar-refractivity contribution is 8.00. The first-order chi connectivity index (χ1) is 9.95. The van der Waals surface area contributed by atoms with E-state index in [-0.39, 0.29) is 16.4 Å². The van der Waals surface area contributed by atoms with Crippen LogP contribution < -0.4 is 5.56 Å². The van der Waals surface area contributed by atoms with Crippen LogP contribution in [0.4, 0.5) is 0 Å². The average Bonchev–Trinajstić information content (AvgIpc) is 2.44. The minimum atomic E-state index is -0.979. The maximum absolute atomic E-state index is 11.9. The number of aromatic amines is 1. The van der Waals surface area contributed by atoms with Crippen molar-refractivity contribution in [3.63, 3.8) is 0 Å². The van der Waals surface area contributed by atoms with Crippen LogP contribution in [0.25, 0.3) is 0 Å². The molecule has 2 aromatic rings. The Morgan fingerprint density at radius 3 is 2.62 bits per heavy atom. The number of aliphatic carboxylic acids is 1. The minimum absolute atomic E-state index is 0.190. The van der Waals surface area contributed by atoms with E-state index in [2.05, 4.69) is 15.2 Å². The number of benzene rings is 1. The van der Waals surface area contributed by atoms with Crippen LogP contribution in [0, 0.1) is 0 Å². The van der Waals surface area contributed by atoms with Crippen molar-refractivity contribution in [2.75, 3.05) is 0 Å². The Labute approximate surface area is 129 Å². The Balaban J connectivity index is 2.14. The van der Waals surface area contributed by atoms with E-state index in [1.807, 2.05) is 0 Å². The van der Waals surface area contributed by atoms with Crippen molar-refractivity contribution >= 4 is 29.3 Å². The summed E-state index contributed by atoms with van der Waals surface area (Å²) in [6, 6.07) is 7.08. The summed E-state index contributed by atoms with van der Waals surface area (Å²) >= 11 is 6.73. The number of aromatic nitrogens is 3. The summed E-state index contributed by atoms with van der Waals surface area (Å²) in [6.45, 7) is 1.51. The molecule has 1 heterocycles. The third-order valence-corrected chi connectivity index (χ3v) is 3.88. The monoisotopic (exact) mass is 325 g/mol. The van der Waals surface area contributed by atoms with Crippen molar-refractivity contribution in [1.29, 1.82) is 0 Å². The number of halogens is 1. The number of hydrogen-bond acceptors (Lipinski definition) is 5. The summed E-state index contributed by atoms with van der Waals surface area (Å²) in [4.78, 5) is 25.2. The largest absolute Gasteiger partial charge is 0.480 e. The number of nitrogens with zero attached hydrogens (tertiary/aromatic N) is 2. The smallest absolute Gasteiger partial charge is 0.316 e. The van der Waals surface area contributed by atoms with Gasteiger partial charge in [-0.25, -0.2) is 0 Å². The molecule has 2 rings (SSSR count). The molecule has 21 heavy (non-hydrogen) atoms. The molecular formula is C13H12ClN3O3S. The van der Waals surface area contributed by atoms with Crippen LogP contribution in [-0.2, 0) is 11.2 Å². The molecule has 0 aliphatic carbocycles. The van der Waals surface area contributed by atoms with Crippen LogP contribution >= 0.6 is 23.4 Å². The lowest BCUT2D eigenvalue weighted by Gasteiger charge is -2.05. The minimum Gasteiger partial charge on any atom is -0.480 e.